The number of benzene rings is 2. The third-order valence-corrected chi connectivity index (χ3v) is 5.25. The normalized spacial score (nSPS) is 19.0. The van der Waals surface area contributed by atoms with Gasteiger partial charge >= 0.3 is 0 Å². The molecule has 2 heterocycles. The van der Waals surface area contributed by atoms with Gasteiger partial charge in [-0.15, -0.1) is 0 Å². The number of anilines is 2. The Labute approximate surface area is 174 Å². The highest BCUT2D eigenvalue weighted by Gasteiger charge is 2.32. The number of piperazine rings is 1. The Morgan fingerprint density at radius 3 is 2.52 bits per heavy atom. The van der Waals surface area contributed by atoms with Crippen molar-refractivity contribution in [2.75, 3.05) is 36.4 Å². The summed E-state index contributed by atoms with van der Waals surface area (Å²) in [7, 11) is 0. The molecule has 0 aliphatic carbocycles. The topological polar surface area (TPSA) is 77.0 Å². The van der Waals surface area contributed by atoms with E-state index in [0.29, 0.717) is 16.7 Å². The molecule has 0 spiro atoms. The van der Waals surface area contributed by atoms with Gasteiger partial charge in [-0.2, -0.15) is 4.99 Å². The van der Waals surface area contributed by atoms with Crippen molar-refractivity contribution in [3.63, 3.8) is 0 Å². The average Bonchev–Trinajstić information content (AvgIpc) is 3.09. The van der Waals surface area contributed by atoms with E-state index in [1.807, 2.05) is 18.2 Å². The second-order valence-corrected chi connectivity index (χ2v) is 7.48. The minimum atomic E-state index is -0.642. The van der Waals surface area contributed by atoms with Gasteiger partial charge in [-0.25, -0.2) is 0 Å². The van der Waals surface area contributed by atoms with Crippen LogP contribution in [-0.2, 0) is 9.59 Å². The summed E-state index contributed by atoms with van der Waals surface area (Å²) in [4.78, 5) is 33.1. The van der Waals surface area contributed by atoms with E-state index >= 15 is 0 Å². The quantitative estimate of drug-likeness (QED) is 0.807. The number of para-hydroxylation sites is 1. The van der Waals surface area contributed by atoms with Crippen molar-refractivity contribution in [1.29, 1.82) is 0 Å². The maximum atomic E-state index is 12.3. The summed E-state index contributed by atoms with van der Waals surface area (Å²) in [6.07, 6.45) is 0.0162. The van der Waals surface area contributed by atoms with Gasteiger partial charge < -0.3 is 20.4 Å². The van der Waals surface area contributed by atoms with E-state index in [1.165, 1.54) is 5.69 Å². The van der Waals surface area contributed by atoms with Crippen LogP contribution in [0.1, 0.15) is 6.42 Å². The van der Waals surface area contributed by atoms with Crippen molar-refractivity contribution < 1.29 is 9.59 Å². The van der Waals surface area contributed by atoms with Crippen LogP contribution < -0.4 is 15.5 Å². The van der Waals surface area contributed by atoms with Gasteiger partial charge in [0, 0.05) is 42.6 Å². The Bertz CT molecular complexity index is 926. The van der Waals surface area contributed by atoms with E-state index in [9.17, 15) is 9.59 Å². The molecule has 0 radical (unpaired) electrons. The summed E-state index contributed by atoms with van der Waals surface area (Å²) in [6.45, 7) is 3.21. The van der Waals surface area contributed by atoms with E-state index in [2.05, 4.69) is 37.6 Å². The number of amides is 2. The monoisotopic (exact) mass is 411 g/mol. The van der Waals surface area contributed by atoms with E-state index in [-0.39, 0.29) is 18.2 Å². The highest BCUT2D eigenvalue weighted by molar-refractivity contribution is 6.30. The lowest BCUT2D eigenvalue weighted by Gasteiger charge is -2.37. The molecule has 7 nitrogen and oxygen atoms in total. The summed E-state index contributed by atoms with van der Waals surface area (Å²) >= 11 is 5.93. The van der Waals surface area contributed by atoms with Crippen LogP contribution in [0.5, 0.6) is 0 Å². The smallest absolute Gasteiger partial charge is 0.271 e. The maximum Gasteiger partial charge on any atom is 0.271 e. The standard InChI is InChI=1S/C21H22ClN5O2/c22-15-5-4-6-16(13-15)23-19(28)14-18-20(29)25-21(24-18)27-11-9-26(10-12-27)17-7-2-1-3-8-17/h1-8,13,18H,9-12,14H2,(H,23,28)(H,24,25,29). The lowest BCUT2D eigenvalue weighted by Crippen LogP contribution is -2.52. The zero-order chi connectivity index (χ0) is 20.2. The number of aliphatic imine (C=N–C) groups is 1. The molecule has 0 aromatic heterocycles. The van der Waals surface area contributed by atoms with Crippen molar-refractivity contribution in [1.82, 2.24) is 10.2 Å². The van der Waals surface area contributed by atoms with Gasteiger partial charge in [0.05, 0.1) is 6.42 Å². The molecule has 0 saturated carbocycles. The van der Waals surface area contributed by atoms with Gasteiger partial charge in [0.25, 0.3) is 5.91 Å². The first kappa shape index (κ1) is 19.3. The number of nitrogens with zero attached hydrogens (tertiary/aromatic N) is 3. The van der Waals surface area contributed by atoms with E-state index in [1.54, 1.807) is 24.3 Å². The maximum absolute atomic E-state index is 12.3. The number of guanidine groups is 1. The number of carbonyl (C=O) groups is 2. The molecule has 2 aliphatic heterocycles. The molecule has 2 aromatic rings. The lowest BCUT2D eigenvalue weighted by atomic mass is 10.2. The number of nitrogens with one attached hydrogen (secondary N) is 2. The van der Waals surface area contributed by atoms with E-state index in [0.717, 1.165) is 26.2 Å². The predicted octanol–water partition coefficient (Wildman–Crippen LogP) is 2.35. The minimum Gasteiger partial charge on any atom is -0.368 e. The van der Waals surface area contributed by atoms with Crippen molar-refractivity contribution in [2.45, 2.75) is 12.5 Å². The highest BCUT2D eigenvalue weighted by Crippen LogP contribution is 2.18. The Morgan fingerprint density at radius 1 is 1.07 bits per heavy atom. The van der Waals surface area contributed by atoms with Gasteiger partial charge in [-0.1, -0.05) is 35.9 Å². The van der Waals surface area contributed by atoms with Gasteiger partial charge in [0.15, 0.2) is 0 Å². The van der Waals surface area contributed by atoms with Crippen molar-refractivity contribution in [2.24, 2.45) is 4.99 Å². The number of rotatable bonds is 4. The number of hydrogen-bond donors (Lipinski definition) is 2. The Morgan fingerprint density at radius 2 is 1.79 bits per heavy atom. The van der Waals surface area contributed by atoms with Crippen LogP contribution in [0.3, 0.4) is 0 Å². The molecule has 29 heavy (non-hydrogen) atoms. The fourth-order valence-electron chi connectivity index (χ4n) is 3.51. The van der Waals surface area contributed by atoms with Gasteiger partial charge in [-0.3, -0.25) is 9.59 Å². The van der Waals surface area contributed by atoms with Gasteiger partial charge in [0.2, 0.25) is 11.9 Å². The van der Waals surface area contributed by atoms with Crippen LogP contribution in [0.2, 0.25) is 5.02 Å². The molecule has 2 aliphatic rings. The molecule has 2 aromatic carbocycles. The first-order valence-corrected chi connectivity index (χ1v) is 9.96. The molecule has 0 bridgehead atoms. The number of carbonyl (C=O) groups excluding carboxylic acids is 2. The molecule has 2 N–H and O–H groups in total. The van der Waals surface area contributed by atoms with E-state index < -0.39 is 6.04 Å². The number of hydrogen-bond acceptors (Lipinski definition) is 5. The van der Waals surface area contributed by atoms with Gasteiger partial charge in [0.1, 0.15) is 6.04 Å². The third kappa shape index (κ3) is 4.68. The molecular weight excluding hydrogens is 390 g/mol. The zero-order valence-corrected chi connectivity index (χ0v) is 16.6. The largest absolute Gasteiger partial charge is 0.368 e. The number of halogens is 1. The summed E-state index contributed by atoms with van der Waals surface area (Å²) in [6, 6.07) is 16.5. The van der Waals surface area contributed by atoms with Crippen molar-refractivity contribution in [3.05, 3.63) is 59.6 Å². The van der Waals surface area contributed by atoms with Crippen LogP contribution >= 0.6 is 11.6 Å². The first-order valence-electron chi connectivity index (χ1n) is 9.58. The van der Waals surface area contributed by atoms with Crippen LogP contribution in [0, 0.1) is 0 Å². The first-order chi connectivity index (χ1) is 14.1. The molecule has 1 unspecified atom stereocenters. The van der Waals surface area contributed by atoms with Crippen LogP contribution in [-0.4, -0.2) is 54.9 Å². The Balaban J connectivity index is 1.29. The Hall–Kier alpha value is -3.06. The summed E-state index contributed by atoms with van der Waals surface area (Å²) < 4.78 is 0. The van der Waals surface area contributed by atoms with Gasteiger partial charge in [-0.05, 0) is 30.3 Å². The van der Waals surface area contributed by atoms with Crippen molar-refractivity contribution in [3.8, 4) is 0 Å². The molecular formula is C21H22ClN5O2. The summed E-state index contributed by atoms with van der Waals surface area (Å²) in [5, 5.41) is 6.42. The lowest BCUT2D eigenvalue weighted by molar-refractivity contribution is -0.123. The molecule has 4 rings (SSSR count). The molecule has 1 atom stereocenters. The molecule has 2 amide bonds. The van der Waals surface area contributed by atoms with Crippen LogP contribution in [0.4, 0.5) is 11.4 Å². The second kappa shape index (κ2) is 8.53. The third-order valence-electron chi connectivity index (χ3n) is 5.02. The SMILES string of the molecule is O=C(CC1NC(N2CCN(c3ccccc3)CC2)=NC1=O)Nc1cccc(Cl)c1. The summed E-state index contributed by atoms with van der Waals surface area (Å²) in [5.41, 5.74) is 1.80. The molecule has 8 heteroatoms. The Kier molecular flexibility index (Phi) is 5.67. The fourth-order valence-corrected chi connectivity index (χ4v) is 3.70. The zero-order valence-electron chi connectivity index (χ0n) is 15.8. The second-order valence-electron chi connectivity index (χ2n) is 7.04. The fraction of sp³-hybridized carbons (Fsp3) is 0.286. The average molecular weight is 412 g/mol. The molecule has 1 fully saturated rings. The summed E-state index contributed by atoms with van der Waals surface area (Å²) in [5.74, 6) is -0.0153. The predicted molar refractivity (Wildman–Crippen MR) is 114 cm³/mol. The van der Waals surface area contributed by atoms with Crippen LogP contribution in [0.15, 0.2) is 59.6 Å². The molecule has 150 valence electrons. The highest BCUT2D eigenvalue weighted by atomic mass is 35.5. The molecule has 1 saturated heterocycles. The van der Waals surface area contributed by atoms with Crippen LogP contribution in [0.25, 0.3) is 0 Å². The minimum absolute atomic E-state index is 0.0162. The van der Waals surface area contributed by atoms with E-state index in [4.69, 9.17) is 11.6 Å². The van der Waals surface area contributed by atoms with Crippen molar-refractivity contribution >= 4 is 40.7 Å².